The third-order valence-corrected chi connectivity index (χ3v) is 6.36. The third kappa shape index (κ3) is 2.12. The van der Waals surface area contributed by atoms with E-state index in [9.17, 15) is 9.90 Å². The summed E-state index contributed by atoms with van der Waals surface area (Å²) in [5.41, 5.74) is 5.16. The number of aryl methyl sites for hydroxylation is 3. The van der Waals surface area contributed by atoms with E-state index in [-0.39, 0.29) is 17.9 Å². The van der Waals surface area contributed by atoms with Gasteiger partial charge in [-0.1, -0.05) is 18.1 Å². The minimum absolute atomic E-state index is 0.0535. The highest BCUT2D eigenvalue weighted by molar-refractivity contribution is 6.02. The number of carbonyl (C=O) groups is 1. The Kier molecular flexibility index (Phi) is 3.50. The fourth-order valence-electron chi connectivity index (χ4n) is 4.98. The number of hydrogen-bond acceptors (Lipinski definition) is 2. The highest BCUT2D eigenvalue weighted by Gasteiger charge is 2.50. The number of carbonyl (C=O) groups excluding carboxylic acids is 1. The number of aliphatic hydroxyl groups is 1. The molecule has 0 unspecified atom stereocenters. The van der Waals surface area contributed by atoms with E-state index in [1.807, 2.05) is 11.8 Å². The number of benzene rings is 1. The van der Waals surface area contributed by atoms with Gasteiger partial charge in [-0.15, -0.1) is 0 Å². The summed E-state index contributed by atoms with van der Waals surface area (Å²) in [7, 11) is 0. The van der Waals surface area contributed by atoms with Crippen LogP contribution in [0.2, 0.25) is 0 Å². The number of H-pyrrole nitrogens is 1. The second-order valence-corrected chi connectivity index (χ2v) is 7.92. The number of hydrogen-bond donors (Lipinski definition) is 2. The molecule has 2 aromatic rings. The van der Waals surface area contributed by atoms with Crippen molar-refractivity contribution in [3.05, 3.63) is 34.5 Å². The standard InChI is InChI=1S/C20H26N2O2/c1-12-7-13(2)17-16(8-12)14(3)18(21-17)19(24)22-9-15-5-4-6-20(15,10-22)11-23/h7-8,15,21,23H,4-6,9-11H2,1-3H3/t15-,20+/m0/s1. The van der Waals surface area contributed by atoms with Crippen molar-refractivity contribution in [2.24, 2.45) is 11.3 Å². The summed E-state index contributed by atoms with van der Waals surface area (Å²) < 4.78 is 0. The van der Waals surface area contributed by atoms with Crippen molar-refractivity contribution in [3.63, 3.8) is 0 Å². The fraction of sp³-hybridized carbons (Fsp3) is 0.550. The Morgan fingerprint density at radius 1 is 1.38 bits per heavy atom. The first-order chi connectivity index (χ1) is 11.4. The van der Waals surface area contributed by atoms with Crippen LogP contribution in [0.15, 0.2) is 12.1 Å². The van der Waals surface area contributed by atoms with E-state index in [0.29, 0.717) is 18.2 Å². The molecule has 1 aliphatic carbocycles. The molecule has 2 atom stereocenters. The predicted molar refractivity (Wildman–Crippen MR) is 95.3 cm³/mol. The highest BCUT2D eigenvalue weighted by atomic mass is 16.3. The van der Waals surface area contributed by atoms with Crippen LogP contribution in [-0.2, 0) is 0 Å². The molecule has 4 nitrogen and oxygen atoms in total. The van der Waals surface area contributed by atoms with Crippen LogP contribution in [0, 0.1) is 32.1 Å². The monoisotopic (exact) mass is 326 g/mol. The lowest BCUT2D eigenvalue weighted by Gasteiger charge is -2.25. The van der Waals surface area contributed by atoms with Gasteiger partial charge in [-0.3, -0.25) is 4.79 Å². The minimum Gasteiger partial charge on any atom is -0.396 e. The lowest BCUT2D eigenvalue weighted by molar-refractivity contribution is 0.0729. The lowest BCUT2D eigenvalue weighted by Crippen LogP contribution is -2.34. The molecule has 2 fully saturated rings. The van der Waals surface area contributed by atoms with Crippen molar-refractivity contribution < 1.29 is 9.90 Å². The van der Waals surface area contributed by atoms with E-state index in [4.69, 9.17) is 0 Å². The van der Waals surface area contributed by atoms with E-state index in [1.165, 1.54) is 17.5 Å². The van der Waals surface area contributed by atoms with E-state index in [0.717, 1.165) is 35.9 Å². The molecule has 4 heteroatoms. The normalized spacial score (nSPS) is 26.3. The van der Waals surface area contributed by atoms with Crippen LogP contribution in [0.5, 0.6) is 0 Å². The van der Waals surface area contributed by atoms with Gasteiger partial charge in [-0.25, -0.2) is 0 Å². The Hall–Kier alpha value is -1.81. The number of nitrogens with zero attached hydrogens (tertiary/aromatic N) is 1. The molecule has 0 spiro atoms. The Labute approximate surface area is 142 Å². The van der Waals surface area contributed by atoms with Crippen LogP contribution >= 0.6 is 0 Å². The van der Waals surface area contributed by atoms with Crippen LogP contribution in [0.1, 0.15) is 46.4 Å². The maximum absolute atomic E-state index is 13.1. The van der Waals surface area contributed by atoms with Gasteiger partial charge in [0.1, 0.15) is 5.69 Å². The largest absolute Gasteiger partial charge is 0.396 e. The minimum atomic E-state index is -0.0535. The number of amides is 1. The van der Waals surface area contributed by atoms with Crippen molar-refractivity contribution >= 4 is 16.8 Å². The molecule has 0 bridgehead atoms. The third-order valence-electron chi connectivity index (χ3n) is 6.36. The van der Waals surface area contributed by atoms with E-state index >= 15 is 0 Å². The van der Waals surface area contributed by atoms with E-state index in [1.54, 1.807) is 0 Å². The van der Waals surface area contributed by atoms with Gasteiger partial charge in [0, 0.05) is 29.4 Å². The quantitative estimate of drug-likeness (QED) is 0.889. The number of likely N-dealkylation sites (tertiary alicyclic amines) is 1. The second-order valence-electron chi connectivity index (χ2n) is 7.92. The first-order valence-corrected chi connectivity index (χ1v) is 8.95. The highest BCUT2D eigenvalue weighted by Crippen LogP contribution is 2.48. The van der Waals surface area contributed by atoms with Gasteiger partial charge in [0.15, 0.2) is 0 Å². The van der Waals surface area contributed by atoms with Gasteiger partial charge in [0.2, 0.25) is 0 Å². The summed E-state index contributed by atoms with van der Waals surface area (Å²) in [6.45, 7) is 7.88. The van der Waals surface area contributed by atoms with Crippen molar-refractivity contribution in [1.29, 1.82) is 0 Å². The Morgan fingerprint density at radius 2 is 2.17 bits per heavy atom. The van der Waals surface area contributed by atoms with Crippen molar-refractivity contribution in [2.75, 3.05) is 19.7 Å². The number of rotatable bonds is 2. The second kappa shape index (κ2) is 5.35. The van der Waals surface area contributed by atoms with Crippen LogP contribution < -0.4 is 0 Å². The van der Waals surface area contributed by atoms with Gasteiger partial charge in [-0.05, 0) is 56.7 Å². The molecule has 2 heterocycles. The zero-order chi connectivity index (χ0) is 17.1. The summed E-state index contributed by atoms with van der Waals surface area (Å²) >= 11 is 0. The SMILES string of the molecule is Cc1cc(C)c2[nH]c(C(=O)N3C[C@@H]4CCC[C@]4(CO)C3)c(C)c2c1. The number of aromatic nitrogens is 1. The average molecular weight is 326 g/mol. The molecule has 1 amide bonds. The Morgan fingerprint density at radius 3 is 2.88 bits per heavy atom. The number of aromatic amines is 1. The summed E-state index contributed by atoms with van der Waals surface area (Å²) in [4.78, 5) is 18.5. The van der Waals surface area contributed by atoms with Crippen molar-refractivity contribution in [1.82, 2.24) is 9.88 Å². The topological polar surface area (TPSA) is 56.3 Å². The smallest absolute Gasteiger partial charge is 0.270 e. The molecule has 128 valence electrons. The summed E-state index contributed by atoms with van der Waals surface area (Å²) in [5, 5.41) is 11.0. The molecule has 1 aromatic carbocycles. The average Bonchev–Trinajstić information content (AvgIpc) is 3.18. The van der Waals surface area contributed by atoms with Gasteiger partial charge < -0.3 is 15.0 Å². The van der Waals surface area contributed by atoms with E-state index in [2.05, 4.69) is 31.0 Å². The molecular formula is C20H26N2O2. The summed E-state index contributed by atoms with van der Waals surface area (Å²) in [6, 6.07) is 4.30. The number of nitrogens with one attached hydrogen (secondary N) is 1. The van der Waals surface area contributed by atoms with Gasteiger partial charge >= 0.3 is 0 Å². The first-order valence-electron chi connectivity index (χ1n) is 8.95. The maximum atomic E-state index is 13.1. The van der Waals surface area contributed by atoms with Crippen molar-refractivity contribution in [2.45, 2.75) is 40.0 Å². The van der Waals surface area contributed by atoms with Crippen LogP contribution in [0.25, 0.3) is 10.9 Å². The molecular weight excluding hydrogens is 300 g/mol. The molecule has 4 rings (SSSR count). The molecule has 0 radical (unpaired) electrons. The molecule has 2 N–H and O–H groups in total. The molecule has 1 saturated heterocycles. The van der Waals surface area contributed by atoms with Crippen LogP contribution in [0.3, 0.4) is 0 Å². The van der Waals surface area contributed by atoms with Gasteiger partial charge in [0.25, 0.3) is 5.91 Å². The number of aliphatic hydroxyl groups excluding tert-OH is 1. The molecule has 1 aromatic heterocycles. The van der Waals surface area contributed by atoms with Gasteiger partial charge in [-0.2, -0.15) is 0 Å². The Balaban J connectivity index is 1.70. The lowest BCUT2D eigenvalue weighted by atomic mass is 9.82. The number of fused-ring (bicyclic) bond motifs is 2. The van der Waals surface area contributed by atoms with Crippen LogP contribution in [-0.4, -0.2) is 40.6 Å². The molecule has 1 saturated carbocycles. The summed E-state index contributed by atoms with van der Waals surface area (Å²) in [5.74, 6) is 0.545. The van der Waals surface area contributed by atoms with E-state index < -0.39 is 0 Å². The molecule has 24 heavy (non-hydrogen) atoms. The van der Waals surface area contributed by atoms with Crippen molar-refractivity contribution in [3.8, 4) is 0 Å². The zero-order valence-electron chi connectivity index (χ0n) is 14.8. The van der Waals surface area contributed by atoms with Gasteiger partial charge in [0.05, 0.1) is 6.61 Å². The van der Waals surface area contributed by atoms with Crippen LogP contribution in [0.4, 0.5) is 0 Å². The predicted octanol–water partition coefficient (Wildman–Crippen LogP) is 3.33. The fourth-order valence-corrected chi connectivity index (χ4v) is 4.98. The molecule has 1 aliphatic heterocycles. The zero-order valence-corrected chi connectivity index (χ0v) is 14.8. The summed E-state index contributed by atoms with van der Waals surface area (Å²) in [6.07, 6.45) is 3.35. The molecule has 2 aliphatic rings. The maximum Gasteiger partial charge on any atom is 0.270 e. The Bertz CT molecular complexity index is 823. The first kappa shape index (κ1) is 15.7.